The molecule has 0 amide bonds. The molecule has 1 aromatic heterocycles. The second-order valence-corrected chi connectivity index (χ2v) is 3.79. The molecule has 4 heteroatoms. The van der Waals surface area contributed by atoms with Gasteiger partial charge in [0.25, 0.3) is 5.56 Å². The maximum atomic E-state index is 11.3. The minimum Gasteiger partial charge on any atom is -0.313 e. The number of hydrogen-bond acceptors (Lipinski definition) is 2. The Bertz CT molecular complexity index is 359. The average Bonchev–Trinajstić information content (AvgIpc) is 2.18. The van der Waals surface area contributed by atoms with Gasteiger partial charge in [-0.05, 0) is 22.0 Å². The Labute approximate surface area is 91.6 Å². The van der Waals surface area contributed by atoms with Gasteiger partial charge in [-0.3, -0.25) is 4.79 Å². The Morgan fingerprint density at radius 1 is 1.57 bits per heavy atom. The third kappa shape index (κ3) is 3.47. The van der Waals surface area contributed by atoms with E-state index in [0.717, 1.165) is 17.6 Å². The maximum absolute atomic E-state index is 11.3. The number of aromatic nitrogens is 1. The SMILES string of the molecule is C=CCNCCn1cc(Br)ccc1=O. The van der Waals surface area contributed by atoms with Crippen molar-refractivity contribution in [3.05, 3.63) is 45.8 Å². The lowest BCUT2D eigenvalue weighted by Crippen LogP contribution is -2.26. The van der Waals surface area contributed by atoms with Crippen molar-refractivity contribution in [2.75, 3.05) is 13.1 Å². The van der Waals surface area contributed by atoms with E-state index in [2.05, 4.69) is 27.8 Å². The molecule has 3 nitrogen and oxygen atoms in total. The number of pyridine rings is 1. The van der Waals surface area contributed by atoms with Crippen LogP contribution >= 0.6 is 15.9 Å². The highest BCUT2D eigenvalue weighted by molar-refractivity contribution is 9.10. The van der Waals surface area contributed by atoms with E-state index in [1.165, 1.54) is 0 Å². The van der Waals surface area contributed by atoms with E-state index in [0.29, 0.717) is 6.54 Å². The number of nitrogens with zero attached hydrogens (tertiary/aromatic N) is 1. The minimum atomic E-state index is 0.0219. The second kappa shape index (κ2) is 5.78. The standard InChI is InChI=1S/C10H13BrN2O/c1-2-5-12-6-7-13-8-9(11)3-4-10(13)14/h2-4,8,12H,1,5-7H2. The molecular formula is C10H13BrN2O. The largest absolute Gasteiger partial charge is 0.313 e. The van der Waals surface area contributed by atoms with Gasteiger partial charge in [-0.15, -0.1) is 6.58 Å². The lowest BCUT2D eigenvalue weighted by Gasteiger charge is -2.05. The number of nitrogens with one attached hydrogen (secondary N) is 1. The molecule has 0 unspecified atom stereocenters. The molecular weight excluding hydrogens is 244 g/mol. The van der Waals surface area contributed by atoms with E-state index in [1.807, 2.05) is 0 Å². The maximum Gasteiger partial charge on any atom is 0.250 e. The molecule has 0 atom stereocenters. The molecule has 0 aliphatic carbocycles. The molecule has 0 aromatic carbocycles. The zero-order chi connectivity index (χ0) is 10.4. The topological polar surface area (TPSA) is 34.0 Å². The quantitative estimate of drug-likeness (QED) is 0.638. The van der Waals surface area contributed by atoms with Gasteiger partial charge in [0.2, 0.25) is 0 Å². The van der Waals surface area contributed by atoms with Crippen molar-refractivity contribution in [2.45, 2.75) is 6.54 Å². The van der Waals surface area contributed by atoms with Gasteiger partial charge in [-0.25, -0.2) is 0 Å². The minimum absolute atomic E-state index is 0.0219. The zero-order valence-corrected chi connectivity index (χ0v) is 9.46. The van der Waals surface area contributed by atoms with Crippen LogP contribution in [0.1, 0.15) is 0 Å². The molecule has 0 bridgehead atoms. The number of rotatable bonds is 5. The normalized spacial score (nSPS) is 10.1. The number of halogens is 1. The van der Waals surface area contributed by atoms with E-state index in [9.17, 15) is 4.79 Å². The summed E-state index contributed by atoms with van der Waals surface area (Å²) in [5.41, 5.74) is 0.0219. The van der Waals surface area contributed by atoms with E-state index < -0.39 is 0 Å². The van der Waals surface area contributed by atoms with E-state index in [-0.39, 0.29) is 5.56 Å². The van der Waals surface area contributed by atoms with Gasteiger partial charge < -0.3 is 9.88 Å². The molecule has 1 heterocycles. The fourth-order valence-corrected chi connectivity index (χ4v) is 1.46. The summed E-state index contributed by atoms with van der Waals surface area (Å²) < 4.78 is 2.58. The first-order valence-corrected chi connectivity index (χ1v) is 5.21. The average molecular weight is 257 g/mol. The van der Waals surface area contributed by atoms with Gasteiger partial charge in [-0.1, -0.05) is 6.08 Å². The molecule has 1 N–H and O–H groups in total. The molecule has 0 spiro atoms. The van der Waals surface area contributed by atoms with Crippen LogP contribution in [0.2, 0.25) is 0 Å². The molecule has 1 rings (SSSR count). The predicted molar refractivity (Wildman–Crippen MR) is 61.5 cm³/mol. The number of hydrogen-bond donors (Lipinski definition) is 1. The van der Waals surface area contributed by atoms with Gasteiger partial charge in [0.1, 0.15) is 0 Å². The third-order valence-electron chi connectivity index (χ3n) is 1.77. The Morgan fingerprint density at radius 3 is 3.07 bits per heavy atom. The van der Waals surface area contributed by atoms with Crippen molar-refractivity contribution in [2.24, 2.45) is 0 Å². The monoisotopic (exact) mass is 256 g/mol. The fourth-order valence-electron chi connectivity index (χ4n) is 1.08. The molecule has 0 aliphatic heterocycles. The molecule has 0 fully saturated rings. The van der Waals surface area contributed by atoms with Crippen molar-refractivity contribution >= 4 is 15.9 Å². The molecule has 14 heavy (non-hydrogen) atoms. The van der Waals surface area contributed by atoms with Gasteiger partial charge in [0, 0.05) is 36.4 Å². The molecule has 76 valence electrons. The van der Waals surface area contributed by atoms with Gasteiger partial charge >= 0.3 is 0 Å². The lowest BCUT2D eigenvalue weighted by atomic mass is 10.4. The van der Waals surface area contributed by atoms with Crippen LogP contribution in [0.4, 0.5) is 0 Å². The molecule has 0 radical (unpaired) electrons. The Kier molecular flexibility index (Phi) is 4.62. The van der Waals surface area contributed by atoms with Crippen molar-refractivity contribution in [3.8, 4) is 0 Å². The summed E-state index contributed by atoms with van der Waals surface area (Å²) in [6.45, 7) is 5.80. The first-order chi connectivity index (χ1) is 6.74. The summed E-state index contributed by atoms with van der Waals surface area (Å²) in [4.78, 5) is 11.3. The Morgan fingerprint density at radius 2 is 2.36 bits per heavy atom. The van der Waals surface area contributed by atoms with E-state index in [4.69, 9.17) is 0 Å². The zero-order valence-electron chi connectivity index (χ0n) is 7.87. The van der Waals surface area contributed by atoms with Crippen LogP contribution in [0, 0.1) is 0 Å². The van der Waals surface area contributed by atoms with Crippen LogP contribution in [0.25, 0.3) is 0 Å². The summed E-state index contributed by atoms with van der Waals surface area (Å²) in [5, 5.41) is 3.14. The van der Waals surface area contributed by atoms with Crippen LogP contribution < -0.4 is 10.9 Å². The Balaban J connectivity index is 2.53. The van der Waals surface area contributed by atoms with Crippen LogP contribution in [0.15, 0.2) is 40.3 Å². The van der Waals surface area contributed by atoms with Crippen molar-refractivity contribution < 1.29 is 0 Å². The molecule has 1 aromatic rings. The highest BCUT2D eigenvalue weighted by Gasteiger charge is 1.95. The molecule has 0 aliphatic rings. The molecule has 0 saturated carbocycles. The van der Waals surface area contributed by atoms with Gasteiger partial charge in [0.05, 0.1) is 0 Å². The summed E-state index contributed by atoms with van der Waals surface area (Å²) in [5.74, 6) is 0. The highest BCUT2D eigenvalue weighted by atomic mass is 79.9. The molecule has 0 saturated heterocycles. The summed E-state index contributed by atoms with van der Waals surface area (Å²) in [6.07, 6.45) is 3.58. The van der Waals surface area contributed by atoms with Crippen molar-refractivity contribution in [1.29, 1.82) is 0 Å². The Hall–Kier alpha value is -0.870. The lowest BCUT2D eigenvalue weighted by molar-refractivity contribution is 0.608. The fraction of sp³-hybridized carbons (Fsp3) is 0.300. The second-order valence-electron chi connectivity index (χ2n) is 2.87. The summed E-state index contributed by atoms with van der Waals surface area (Å²) >= 11 is 3.32. The van der Waals surface area contributed by atoms with Crippen LogP contribution in [-0.4, -0.2) is 17.7 Å². The van der Waals surface area contributed by atoms with Crippen LogP contribution in [-0.2, 0) is 6.54 Å². The van der Waals surface area contributed by atoms with E-state index >= 15 is 0 Å². The summed E-state index contributed by atoms with van der Waals surface area (Å²) in [6, 6.07) is 3.30. The summed E-state index contributed by atoms with van der Waals surface area (Å²) in [7, 11) is 0. The van der Waals surface area contributed by atoms with E-state index in [1.54, 1.807) is 29.0 Å². The van der Waals surface area contributed by atoms with Crippen molar-refractivity contribution in [3.63, 3.8) is 0 Å². The van der Waals surface area contributed by atoms with Crippen LogP contribution in [0.3, 0.4) is 0 Å². The van der Waals surface area contributed by atoms with Gasteiger partial charge in [0.15, 0.2) is 0 Å². The van der Waals surface area contributed by atoms with Gasteiger partial charge in [-0.2, -0.15) is 0 Å². The highest BCUT2D eigenvalue weighted by Crippen LogP contribution is 2.04. The predicted octanol–water partition coefficient (Wildman–Crippen LogP) is 1.39. The third-order valence-corrected chi connectivity index (χ3v) is 2.23. The van der Waals surface area contributed by atoms with Crippen molar-refractivity contribution in [1.82, 2.24) is 9.88 Å². The smallest absolute Gasteiger partial charge is 0.250 e. The van der Waals surface area contributed by atoms with Crippen LogP contribution in [0.5, 0.6) is 0 Å². The first kappa shape index (κ1) is 11.2. The first-order valence-electron chi connectivity index (χ1n) is 4.41.